The van der Waals surface area contributed by atoms with E-state index in [0.29, 0.717) is 25.0 Å². The second-order valence-corrected chi connectivity index (χ2v) is 8.78. The molecule has 0 spiro atoms. The molecule has 39 heavy (non-hydrogen) atoms. The van der Waals surface area contributed by atoms with Crippen LogP contribution in [-0.4, -0.2) is 44.8 Å². The number of halogens is 3. The van der Waals surface area contributed by atoms with Gasteiger partial charge in [0, 0.05) is 31.9 Å². The van der Waals surface area contributed by atoms with Crippen LogP contribution >= 0.6 is 0 Å². The van der Waals surface area contributed by atoms with Crippen LogP contribution in [0.4, 0.5) is 42.3 Å². The van der Waals surface area contributed by atoms with Crippen LogP contribution in [0.2, 0.25) is 0 Å². The van der Waals surface area contributed by atoms with Crippen LogP contribution in [-0.2, 0) is 15.8 Å². The van der Waals surface area contributed by atoms with E-state index in [2.05, 4.69) is 37.5 Å². The van der Waals surface area contributed by atoms with Crippen LogP contribution in [0.5, 0.6) is 0 Å². The van der Waals surface area contributed by atoms with Crippen molar-refractivity contribution in [1.29, 1.82) is 0 Å². The molecule has 202 valence electrons. The van der Waals surface area contributed by atoms with Crippen molar-refractivity contribution in [1.82, 2.24) is 19.9 Å². The molecular formula is C27H26F3N7O2. The van der Waals surface area contributed by atoms with Crippen molar-refractivity contribution >= 4 is 46.5 Å². The summed E-state index contributed by atoms with van der Waals surface area (Å²) in [6.07, 6.45) is -0.226. The summed E-state index contributed by atoms with van der Waals surface area (Å²) in [6, 6.07) is 10.1. The maximum atomic E-state index is 13.7. The summed E-state index contributed by atoms with van der Waals surface area (Å²) < 4.78 is 41.1. The molecule has 1 aliphatic heterocycles. The highest BCUT2D eigenvalue weighted by atomic mass is 19.4. The molecule has 0 aliphatic carbocycles. The maximum Gasteiger partial charge on any atom is 0.421 e. The minimum atomic E-state index is -4.72. The highest BCUT2D eigenvalue weighted by Crippen LogP contribution is 2.35. The third-order valence-electron chi connectivity index (χ3n) is 6.02. The van der Waals surface area contributed by atoms with Crippen LogP contribution in [0, 0.1) is 6.92 Å². The van der Waals surface area contributed by atoms with Gasteiger partial charge in [-0.05, 0) is 60.4 Å². The number of anilines is 5. The summed E-state index contributed by atoms with van der Waals surface area (Å²) in [5.74, 6) is -0.860. The SMILES string of the molecule is C=CC(=O)Nc1cccc(Nc2nc(Nc3ccc(C4=CCN(C(C)=O)CC4)cc3C)ncc2C(F)(F)F)n1. The fourth-order valence-corrected chi connectivity index (χ4v) is 3.96. The highest BCUT2D eigenvalue weighted by molar-refractivity contribution is 5.98. The molecule has 3 aromatic rings. The molecule has 4 rings (SSSR count). The molecule has 2 aromatic heterocycles. The molecule has 0 saturated carbocycles. The van der Waals surface area contributed by atoms with Gasteiger partial charge in [-0.3, -0.25) is 9.59 Å². The lowest BCUT2D eigenvalue weighted by atomic mass is 9.97. The third-order valence-corrected chi connectivity index (χ3v) is 6.02. The summed E-state index contributed by atoms with van der Waals surface area (Å²) in [5.41, 5.74) is 2.52. The van der Waals surface area contributed by atoms with Crippen LogP contribution in [0.1, 0.15) is 30.0 Å². The van der Waals surface area contributed by atoms with E-state index in [1.807, 2.05) is 31.2 Å². The van der Waals surface area contributed by atoms with Gasteiger partial charge in [-0.15, -0.1) is 0 Å². The molecule has 0 saturated heterocycles. The summed E-state index contributed by atoms with van der Waals surface area (Å²) in [6.45, 7) is 7.97. The van der Waals surface area contributed by atoms with Crippen molar-refractivity contribution in [2.45, 2.75) is 26.4 Å². The first-order valence-corrected chi connectivity index (χ1v) is 12.0. The second-order valence-electron chi connectivity index (χ2n) is 8.78. The van der Waals surface area contributed by atoms with E-state index in [-0.39, 0.29) is 23.5 Å². The standard InChI is InChI=1S/C27H26F3N7O2/c1-4-24(39)34-22-6-5-7-23(33-22)35-25-20(27(28,29)30)15-31-26(36-25)32-21-9-8-19(14-16(21)2)18-10-12-37(13-11-18)17(3)38/h4-10,14-15H,1,11-13H2,2-3H3,(H3,31,32,33,34,35,36,39). The minimum absolute atomic E-state index is 0.0365. The quantitative estimate of drug-likeness (QED) is 0.344. The zero-order valence-electron chi connectivity index (χ0n) is 21.3. The first-order chi connectivity index (χ1) is 18.5. The van der Waals surface area contributed by atoms with Gasteiger partial charge in [0.2, 0.25) is 17.8 Å². The number of carbonyl (C=O) groups is 2. The maximum absolute atomic E-state index is 13.7. The van der Waals surface area contributed by atoms with Crippen LogP contribution in [0.3, 0.4) is 0 Å². The number of nitrogens with zero attached hydrogens (tertiary/aromatic N) is 4. The van der Waals surface area contributed by atoms with E-state index in [4.69, 9.17) is 0 Å². The van der Waals surface area contributed by atoms with E-state index >= 15 is 0 Å². The monoisotopic (exact) mass is 537 g/mol. The fraction of sp³-hybridized carbons (Fsp3) is 0.222. The highest BCUT2D eigenvalue weighted by Gasteiger charge is 2.35. The van der Waals surface area contributed by atoms with E-state index < -0.39 is 23.5 Å². The van der Waals surface area contributed by atoms with E-state index in [1.165, 1.54) is 18.2 Å². The average Bonchev–Trinajstić information content (AvgIpc) is 2.89. The number of rotatable bonds is 7. The average molecular weight is 538 g/mol. The lowest BCUT2D eigenvalue weighted by molar-refractivity contribution is -0.137. The van der Waals surface area contributed by atoms with E-state index in [0.717, 1.165) is 29.2 Å². The lowest BCUT2D eigenvalue weighted by Gasteiger charge is -2.25. The Kier molecular flexibility index (Phi) is 7.93. The number of aromatic nitrogens is 3. The van der Waals surface area contributed by atoms with Gasteiger partial charge in [-0.25, -0.2) is 9.97 Å². The summed E-state index contributed by atoms with van der Waals surface area (Å²) in [5, 5.41) is 8.02. The van der Waals surface area contributed by atoms with Crippen LogP contribution in [0.25, 0.3) is 5.57 Å². The molecule has 0 atom stereocenters. The largest absolute Gasteiger partial charge is 0.421 e. The minimum Gasteiger partial charge on any atom is -0.339 e. The lowest BCUT2D eigenvalue weighted by Crippen LogP contribution is -2.32. The fourth-order valence-electron chi connectivity index (χ4n) is 3.96. The first kappa shape index (κ1) is 27.3. The van der Waals surface area contributed by atoms with E-state index in [9.17, 15) is 22.8 Å². The van der Waals surface area contributed by atoms with Gasteiger partial charge in [-0.1, -0.05) is 24.8 Å². The van der Waals surface area contributed by atoms with Crippen molar-refractivity contribution in [2.75, 3.05) is 29.0 Å². The normalized spacial score (nSPS) is 13.4. The number of benzene rings is 1. The topological polar surface area (TPSA) is 112 Å². The molecular weight excluding hydrogens is 511 g/mol. The molecule has 1 aromatic carbocycles. The molecule has 0 bridgehead atoms. The molecule has 12 heteroatoms. The van der Waals surface area contributed by atoms with Crippen LogP contribution < -0.4 is 16.0 Å². The number of hydrogen-bond acceptors (Lipinski definition) is 7. The molecule has 3 N–H and O–H groups in total. The summed E-state index contributed by atoms with van der Waals surface area (Å²) in [4.78, 5) is 36.9. The Hall–Kier alpha value is -4.74. The Bertz CT molecular complexity index is 1450. The first-order valence-electron chi connectivity index (χ1n) is 12.0. The third kappa shape index (κ3) is 6.78. The van der Waals surface area contributed by atoms with Gasteiger partial charge in [0.1, 0.15) is 23.0 Å². The Labute approximate surface area is 222 Å². The van der Waals surface area contributed by atoms with E-state index in [1.54, 1.807) is 11.8 Å². The molecule has 0 unspecified atom stereocenters. The number of aryl methyl sites for hydroxylation is 1. The number of amides is 2. The van der Waals surface area contributed by atoms with Crippen molar-refractivity contribution < 1.29 is 22.8 Å². The summed E-state index contributed by atoms with van der Waals surface area (Å²) in [7, 11) is 0. The molecule has 2 amide bonds. The van der Waals surface area contributed by atoms with Crippen molar-refractivity contribution in [3.05, 3.63) is 78.0 Å². The number of alkyl halides is 3. The van der Waals surface area contributed by atoms with Crippen LogP contribution in [0.15, 0.2) is 61.3 Å². The van der Waals surface area contributed by atoms with Gasteiger partial charge >= 0.3 is 6.18 Å². The Morgan fingerprint density at radius 1 is 1.10 bits per heavy atom. The van der Waals surface area contributed by atoms with Crippen molar-refractivity contribution in [3.63, 3.8) is 0 Å². The predicted molar refractivity (Wildman–Crippen MR) is 143 cm³/mol. The Balaban J connectivity index is 1.57. The summed E-state index contributed by atoms with van der Waals surface area (Å²) >= 11 is 0. The molecule has 0 radical (unpaired) electrons. The van der Waals surface area contributed by atoms with Gasteiger partial charge in [0.05, 0.1) is 0 Å². The molecule has 3 heterocycles. The van der Waals surface area contributed by atoms with Gasteiger partial charge in [0.25, 0.3) is 0 Å². The Morgan fingerprint density at radius 2 is 1.87 bits per heavy atom. The van der Waals surface area contributed by atoms with Crippen molar-refractivity contribution in [3.8, 4) is 0 Å². The van der Waals surface area contributed by atoms with Crippen molar-refractivity contribution in [2.24, 2.45) is 0 Å². The molecule has 1 aliphatic rings. The smallest absolute Gasteiger partial charge is 0.339 e. The zero-order chi connectivity index (χ0) is 28.2. The predicted octanol–water partition coefficient (Wildman–Crippen LogP) is 5.45. The van der Waals surface area contributed by atoms with Gasteiger partial charge < -0.3 is 20.9 Å². The van der Waals surface area contributed by atoms with Gasteiger partial charge in [0.15, 0.2) is 0 Å². The zero-order valence-corrected chi connectivity index (χ0v) is 21.3. The number of pyridine rings is 1. The molecule has 0 fully saturated rings. The Morgan fingerprint density at radius 3 is 2.51 bits per heavy atom. The number of nitrogens with one attached hydrogen (secondary N) is 3. The second kappa shape index (κ2) is 11.3. The number of carbonyl (C=O) groups excluding carboxylic acids is 2. The molecule has 9 nitrogen and oxygen atoms in total. The van der Waals surface area contributed by atoms with Gasteiger partial charge in [-0.2, -0.15) is 18.2 Å². The number of hydrogen-bond donors (Lipinski definition) is 3.